The maximum atomic E-state index is 10.4. The van der Waals surface area contributed by atoms with Crippen molar-refractivity contribution in [2.45, 2.75) is 13.2 Å². The quantitative estimate of drug-likeness (QED) is 0.474. The Bertz CT molecular complexity index is 309. The molecule has 72 valence electrons. The molecule has 1 aromatic rings. The summed E-state index contributed by atoms with van der Waals surface area (Å²) in [6.07, 6.45) is 1.27. The second-order valence-corrected chi connectivity index (χ2v) is 2.41. The van der Waals surface area contributed by atoms with E-state index in [9.17, 15) is 10.1 Å². The topological polar surface area (TPSA) is 107 Å². The van der Waals surface area contributed by atoms with Crippen molar-refractivity contribution < 1.29 is 10.0 Å². The predicted molar refractivity (Wildman–Crippen MR) is 43.9 cm³/mol. The van der Waals surface area contributed by atoms with Gasteiger partial charge in [-0.25, -0.2) is 4.57 Å². The average Bonchev–Trinajstić information content (AvgIpc) is 2.48. The van der Waals surface area contributed by atoms with Crippen molar-refractivity contribution in [1.29, 1.82) is 0 Å². The normalized spacial score (nSPS) is 10.3. The zero-order valence-electron chi connectivity index (χ0n) is 6.88. The van der Waals surface area contributed by atoms with E-state index in [0.717, 1.165) is 0 Å². The maximum Gasteiger partial charge on any atom is 0.434 e. The molecule has 3 N–H and O–H groups in total. The van der Waals surface area contributed by atoms with E-state index in [1.54, 1.807) is 0 Å². The zero-order valence-corrected chi connectivity index (χ0v) is 6.88. The summed E-state index contributed by atoms with van der Waals surface area (Å²) in [6.45, 7) is 0.275. The lowest BCUT2D eigenvalue weighted by molar-refractivity contribution is -0.396. The molecule has 0 amide bonds. The maximum absolute atomic E-state index is 10.4. The van der Waals surface area contributed by atoms with E-state index in [4.69, 9.17) is 10.8 Å². The first-order chi connectivity index (χ1) is 6.20. The zero-order chi connectivity index (χ0) is 9.84. The van der Waals surface area contributed by atoms with E-state index in [1.807, 2.05) is 0 Å². The van der Waals surface area contributed by atoms with Crippen LogP contribution in [-0.2, 0) is 13.2 Å². The molecule has 0 aliphatic heterocycles. The molecule has 0 radical (unpaired) electrons. The molecule has 13 heavy (non-hydrogen) atoms. The Morgan fingerprint density at radius 2 is 2.46 bits per heavy atom. The van der Waals surface area contributed by atoms with Crippen molar-refractivity contribution in [2.24, 2.45) is 5.73 Å². The SMILES string of the molecule is NCCn1c(CO)cnc1[N+](=O)[O-]. The van der Waals surface area contributed by atoms with Crippen molar-refractivity contribution in [3.05, 3.63) is 22.0 Å². The molecule has 0 bridgehead atoms. The van der Waals surface area contributed by atoms with Gasteiger partial charge in [-0.05, 0) is 4.92 Å². The Hall–Kier alpha value is -1.47. The van der Waals surface area contributed by atoms with Crippen LogP contribution in [0.3, 0.4) is 0 Å². The minimum Gasteiger partial charge on any atom is -0.390 e. The van der Waals surface area contributed by atoms with E-state index in [-0.39, 0.29) is 25.6 Å². The Morgan fingerprint density at radius 1 is 1.77 bits per heavy atom. The van der Waals surface area contributed by atoms with Gasteiger partial charge in [-0.3, -0.25) is 0 Å². The summed E-state index contributed by atoms with van der Waals surface area (Å²) in [6, 6.07) is 0. The van der Waals surface area contributed by atoms with Crippen LogP contribution < -0.4 is 5.73 Å². The molecule has 0 aromatic carbocycles. The Labute approximate surface area is 74.0 Å². The van der Waals surface area contributed by atoms with Crippen LogP contribution in [0.25, 0.3) is 0 Å². The van der Waals surface area contributed by atoms with Gasteiger partial charge in [0.05, 0.1) is 6.54 Å². The fraction of sp³-hybridized carbons (Fsp3) is 0.500. The highest BCUT2D eigenvalue weighted by molar-refractivity contribution is 5.14. The van der Waals surface area contributed by atoms with Crippen LogP contribution in [-0.4, -0.2) is 26.1 Å². The van der Waals surface area contributed by atoms with Gasteiger partial charge in [0, 0.05) is 6.54 Å². The second kappa shape index (κ2) is 3.97. The number of hydrogen-bond donors (Lipinski definition) is 2. The molecule has 0 aliphatic rings. The third kappa shape index (κ3) is 1.82. The first-order valence-electron chi connectivity index (χ1n) is 3.70. The van der Waals surface area contributed by atoms with E-state index >= 15 is 0 Å². The van der Waals surface area contributed by atoms with Crippen LogP contribution >= 0.6 is 0 Å². The molecule has 0 aliphatic carbocycles. The standard InChI is InChI=1S/C6H10N4O3/c7-1-2-9-5(4-11)3-8-6(9)10(12)13/h3,11H,1-2,4,7H2. The van der Waals surface area contributed by atoms with Gasteiger partial charge in [-0.15, -0.1) is 0 Å². The molecule has 1 heterocycles. The summed E-state index contributed by atoms with van der Waals surface area (Å²) < 4.78 is 1.29. The number of aromatic nitrogens is 2. The van der Waals surface area contributed by atoms with E-state index in [0.29, 0.717) is 5.69 Å². The summed E-state index contributed by atoms with van der Waals surface area (Å²) in [4.78, 5) is 13.4. The number of nitro groups is 1. The highest BCUT2D eigenvalue weighted by Crippen LogP contribution is 2.12. The van der Waals surface area contributed by atoms with Crippen molar-refractivity contribution in [1.82, 2.24) is 9.55 Å². The van der Waals surface area contributed by atoms with Crippen LogP contribution in [0.15, 0.2) is 6.20 Å². The number of nitrogens with zero attached hydrogens (tertiary/aromatic N) is 3. The molecule has 0 fully saturated rings. The third-order valence-corrected chi connectivity index (χ3v) is 1.60. The molecular weight excluding hydrogens is 176 g/mol. The fourth-order valence-corrected chi connectivity index (χ4v) is 1.04. The van der Waals surface area contributed by atoms with Crippen LogP contribution in [0.5, 0.6) is 0 Å². The molecule has 7 heteroatoms. The lowest BCUT2D eigenvalue weighted by atomic mass is 10.5. The van der Waals surface area contributed by atoms with Gasteiger partial charge in [-0.1, -0.05) is 4.98 Å². The Kier molecular flexibility index (Phi) is 2.93. The van der Waals surface area contributed by atoms with Gasteiger partial charge >= 0.3 is 5.95 Å². The van der Waals surface area contributed by atoms with Gasteiger partial charge in [0.25, 0.3) is 0 Å². The third-order valence-electron chi connectivity index (χ3n) is 1.60. The van der Waals surface area contributed by atoms with Crippen molar-refractivity contribution >= 4 is 5.95 Å². The lowest BCUT2D eigenvalue weighted by Crippen LogP contribution is -2.14. The lowest BCUT2D eigenvalue weighted by Gasteiger charge is -2.01. The minimum atomic E-state index is -0.602. The van der Waals surface area contributed by atoms with Gasteiger partial charge in [-0.2, -0.15) is 0 Å². The summed E-state index contributed by atoms with van der Waals surface area (Å²) >= 11 is 0. The molecule has 7 nitrogen and oxygen atoms in total. The second-order valence-electron chi connectivity index (χ2n) is 2.41. The summed E-state index contributed by atoms with van der Waals surface area (Å²) in [5.41, 5.74) is 5.66. The molecule has 0 atom stereocenters. The number of nitrogens with two attached hydrogens (primary N) is 1. The number of hydrogen-bond acceptors (Lipinski definition) is 5. The number of imidazole rings is 1. The minimum absolute atomic E-state index is 0.268. The highest BCUT2D eigenvalue weighted by Gasteiger charge is 2.18. The number of aliphatic hydroxyl groups excluding tert-OH is 1. The van der Waals surface area contributed by atoms with Gasteiger partial charge < -0.3 is 21.0 Å². The van der Waals surface area contributed by atoms with E-state index < -0.39 is 4.92 Å². The first-order valence-corrected chi connectivity index (χ1v) is 3.70. The van der Waals surface area contributed by atoms with Crippen LogP contribution in [0.4, 0.5) is 5.95 Å². The molecule has 0 spiro atoms. The first kappa shape index (κ1) is 9.62. The molecule has 1 rings (SSSR count). The van der Waals surface area contributed by atoms with E-state index in [1.165, 1.54) is 10.8 Å². The average molecular weight is 186 g/mol. The monoisotopic (exact) mass is 186 g/mol. The summed E-state index contributed by atoms with van der Waals surface area (Å²) in [7, 11) is 0. The van der Waals surface area contributed by atoms with Gasteiger partial charge in [0.1, 0.15) is 18.5 Å². The van der Waals surface area contributed by atoms with Crippen LogP contribution in [0, 0.1) is 10.1 Å². The van der Waals surface area contributed by atoms with Crippen molar-refractivity contribution in [2.75, 3.05) is 6.54 Å². The smallest absolute Gasteiger partial charge is 0.390 e. The fourth-order valence-electron chi connectivity index (χ4n) is 1.04. The van der Waals surface area contributed by atoms with Gasteiger partial charge in [0.15, 0.2) is 0 Å². The predicted octanol–water partition coefficient (Wildman–Crippen LogP) is -0.758. The number of rotatable bonds is 4. The Balaban J connectivity index is 3.06. The molecule has 1 aromatic heterocycles. The van der Waals surface area contributed by atoms with Crippen molar-refractivity contribution in [3.63, 3.8) is 0 Å². The summed E-state index contributed by atoms with van der Waals surface area (Å²) in [5.74, 6) is -0.283. The molecule has 0 saturated carbocycles. The van der Waals surface area contributed by atoms with Crippen LogP contribution in [0.1, 0.15) is 5.69 Å². The van der Waals surface area contributed by atoms with Crippen molar-refractivity contribution in [3.8, 4) is 0 Å². The molecule has 0 unspecified atom stereocenters. The largest absolute Gasteiger partial charge is 0.434 e. The number of aliphatic hydroxyl groups is 1. The molecule has 0 saturated heterocycles. The highest BCUT2D eigenvalue weighted by atomic mass is 16.6. The van der Waals surface area contributed by atoms with Gasteiger partial charge in [0.2, 0.25) is 0 Å². The Morgan fingerprint density at radius 3 is 2.92 bits per heavy atom. The van der Waals surface area contributed by atoms with Crippen LogP contribution in [0.2, 0.25) is 0 Å². The molecular formula is C6H10N4O3. The van der Waals surface area contributed by atoms with E-state index in [2.05, 4.69) is 4.98 Å². The summed E-state index contributed by atoms with van der Waals surface area (Å²) in [5, 5.41) is 19.2.